The van der Waals surface area contributed by atoms with Gasteiger partial charge in [-0.05, 0) is 47.4 Å². The summed E-state index contributed by atoms with van der Waals surface area (Å²) in [6.45, 7) is 0.637. The number of unbranched alkanes of at least 4 members (excludes halogenated alkanes) is 4. The predicted octanol–water partition coefficient (Wildman–Crippen LogP) is 2.71. The van der Waals surface area contributed by atoms with E-state index in [1.165, 1.54) is 6.42 Å². The minimum Gasteiger partial charge on any atom is -0.508 e. The Morgan fingerprint density at radius 1 is 1.15 bits per heavy atom. The van der Waals surface area contributed by atoms with E-state index in [-0.39, 0.29) is 11.7 Å². The number of rotatable bonds is 12. The van der Waals surface area contributed by atoms with Gasteiger partial charge in [-0.1, -0.05) is 43.2 Å². The van der Waals surface area contributed by atoms with Gasteiger partial charge in [-0.2, -0.15) is 0 Å². The molecule has 0 aliphatic carbocycles. The smallest absolute Gasteiger partial charge is 0.220 e. The van der Waals surface area contributed by atoms with Crippen LogP contribution in [0.15, 0.2) is 29.4 Å². The molecule has 1 aromatic heterocycles. The van der Waals surface area contributed by atoms with Crippen molar-refractivity contribution in [2.75, 3.05) is 12.3 Å². The molecule has 0 aliphatic heterocycles. The highest BCUT2D eigenvalue weighted by Gasteiger charge is 2.03. The number of hydrogen-bond acceptors (Lipinski definition) is 6. The van der Waals surface area contributed by atoms with Gasteiger partial charge in [0, 0.05) is 25.8 Å². The Morgan fingerprint density at radius 2 is 1.88 bits per heavy atom. The van der Waals surface area contributed by atoms with Crippen molar-refractivity contribution in [1.29, 1.82) is 0 Å². The van der Waals surface area contributed by atoms with E-state index >= 15 is 0 Å². The van der Waals surface area contributed by atoms with Crippen LogP contribution in [0, 0.1) is 0 Å². The first-order chi connectivity index (χ1) is 12.6. The standard InChI is InChI=1S/C18H27N5O2S/c1-23-18(20-21-22-23)26-14-6-4-2-3-5-7-17(25)19-13-12-15-8-10-16(24)11-9-15/h8-11,24H,2-7,12-14H2,1H3,(H,19,25). The first kappa shape index (κ1) is 20.2. The molecule has 142 valence electrons. The van der Waals surface area contributed by atoms with Crippen LogP contribution >= 0.6 is 11.8 Å². The zero-order chi connectivity index (χ0) is 18.6. The number of phenols is 1. The largest absolute Gasteiger partial charge is 0.508 e. The summed E-state index contributed by atoms with van der Waals surface area (Å²) in [5.74, 6) is 1.41. The number of phenolic OH excluding ortho intramolecular Hbond substituents is 1. The summed E-state index contributed by atoms with van der Waals surface area (Å²) in [5, 5.41) is 24.4. The summed E-state index contributed by atoms with van der Waals surface area (Å²) in [4.78, 5) is 11.8. The Kier molecular flexibility index (Phi) is 8.95. The van der Waals surface area contributed by atoms with Crippen LogP contribution in [0.1, 0.15) is 44.1 Å². The second-order valence-electron chi connectivity index (χ2n) is 6.22. The molecule has 0 fully saturated rings. The second kappa shape index (κ2) is 11.5. The second-order valence-corrected chi connectivity index (χ2v) is 7.28. The van der Waals surface area contributed by atoms with Gasteiger partial charge in [-0.25, -0.2) is 4.68 Å². The van der Waals surface area contributed by atoms with E-state index in [4.69, 9.17) is 0 Å². The van der Waals surface area contributed by atoms with E-state index in [1.54, 1.807) is 28.6 Å². The molecule has 1 amide bonds. The third-order valence-electron chi connectivity index (χ3n) is 4.03. The molecule has 0 saturated carbocycles. The molecule has 2 rings (SSSR count). The molecule has 7 nitrogen and oxygen atoms in total. The van der Waals surface area contributed by atoms with Crippen molar-refractivity contribution in [3.05, 3.63) is 29.8 Å². The van der Waals surface area contributed by atoms with Crippen molar-refractivity contribution < 1.29 is 9.90 Å². The first-order valence-electron chi connectivity index (χ1n) is 9.05. The first-order valence-corrected chi connectivity index (χ1v) is 10.0. The van der Waals surface area contributed by atoms with Crippen LogP contribution in [0.25, 0.3) is 0 Å². The van der Waals surface area contributed by atoms with E-state index < -0.39 is 0 Å². The Labute approximate surface area is 158 Å². The molecule has 0 radical (unpaired) electrons. The monoisotopic (exact) mass is 377 g/mol. The van der Waals surface area contributed by atoms with Gasteiger partial charge in [-0.15, -0.1) is 5.10 Å². The third kappa shape index (κ3) is 7.86. The quantitative estimate of drug-likeness (QED) is 0.436. The predicted molar refractivity (Wildman–Crippen MR) is 102 cm³/mol. The van der Waals surface area contributed by atoms with E-state index in [9.17, 15) is 9.90 Å². The van der Waals surface area contributed by atoms with Crippen molar-refractivity contribution >= 4 is 17.7 Å². The normalized spacial score (nSPS) is 10.8. The van der Waals surface area contributed by atoms with Gasteiger partial charge < -0.3 is 10.4 Å². The third-order valence-corrected chi connectivity index (χ3v) is 5.13. The maximum Gasteiger partial charge on any atom is 0.220 e. The van der Waals surface area contributed by atoms with Crippen LogP contribution in [-0.4, -0.2) is 43.5 Å². The van der Waals surface area contributed by atoms with Crippen LogP contribution < -0.4 is 5.32 Å². The molecule has 1 aromatic carbocycles. The maximum atomic E-state index is 11.8. The molecule has 2 N–H and O–H groups in total. The number of aromatic hydroxyl groups is 1. The number of carbonyl (C=O) groups is 1. The summed E-state index contributed by atoms with van der Waals surface area (Å²) < 4.78 is 1.69. The summed E-state index contributed by atoms with van der Waals surface area (Å²) in [6, 6.07) is 7.08. The fourth-order valence-corrected chi connectivity index (χ4v) is 3.37. The Balaban J connectivity index is 1.41. The lowest BCUT2D eigenvalue weighted by atomic mass is 10.1. The Bertz CT molecular complexity index is 660. The SMILES string of the molecule is Cn1nnnc1SCCCCCCCC(=O)NCCc1ccc(O)cc1. The molecule has 0 atom stereocenters. The minimum absolute atomic E-state index is 0.120. The Morgan fingerprint density at radius 3 is 2.62 bits per heavy atom. The van der Waals surface area contributed by atoms with Crippen molar-refractivity contribution in [3.8, 4) is 5.75 Å². The topological polar surface area (TPSA) is 92.9 Å². The zero-order valence-electron chi connectivity index (χ0n) is 15.2. The molecule has 0 aliphatic rings. The fourth-order valence-electron chi connectivity index (χ4n) is 2.52. The molecule has 2 aromatic rings. The van der Waals surface area contributed by atoms with Crippen LogP contribution in [0.4, 0.5) is 0 Å². The number of hydrogen-bond donors (Lipinski definition) is 2. The molecular weight excluding hydrogens is 350 g/mol. The van der Waals surface area contributed by atoms with Gasteiger partial charge in [0.15, 0.2) is 0 Å². The number of aromatic nitrogens is 4. The van der Waals surface area contributed by atoms with Gasteiger partial charge in [-0.3, -0.25) is 4.79 Å². The molecule has 26 heavy (non-hydrogen) atoms. The van der Waals surface area contributed by atoms with Crippen molar-refractivity contribution in [1.82, 2.24) is 25.5 Å². The number of amides is 1. The highest BCUT2D eigenvalue weighted by Crippen LogP contribution is 2.16. The van der Waals surface area contributed by atoms with Gasteiger partial charge in [0.05, 0.1) is 0 Å². The lowest BCUT2D eigenvalue weighted by Crippen LogP contribution is -2.25. The molecule has 1 heterocycles. The van der Waals surface area contributed by atoms with E-state index in [2.05, 4.69) is 20.8 Å². The summed E-state index contributed by atoms with van der Waals surface area (Å²) in [6.07, 6.45) is 6.85. The molecule has 0 saturated heterocycles. The minimum atomic E-state index is 0.120. The summed E-state index contributed by atoms with van der Waals surface area (Å²) in [5.41, 5.74) is 1.11. The number of tetrazole rings is 1. The number of nitrogens with zero attached hydrogens (tertiary/aromatic N) is 4. The number of nitrogens with one attached hydrogen (secondary N) is 1. The fraction of sp³-hybridized carbons (Fsp3) is 0.556. The van der Waals surface area contributed by atoms with Gasteiger partial charge >= 0.3 is 0 Å². The number of thioether (sulfide) groups is 1. The van der Waals surface area contributed by atoms with E-state index in [0.717, 1.165) is 48.6 Å². The Hall–Kier alpha value is -2.09. The van der Waals surface area contributed by atoms with Crippen molar-refractivity contribution in [2.24, 2.45) is 7.05 Å². The average molecular weight is 378 g/mol. The zero-order valence-corrected chi connectivity index (χ0v) is 16.0. The van der Waals surface area contributed by atoms with Crippen molar-refractivity contribution in [3.63, 3.8) is 0 Å². The molecule has 0 bridgehead atoms. The highest BCUT2D eigenvalue weighted by molar-refractivity contribution is 7.99. The average Bonchev–Trinajstić information content (AvgIpc) is 3.04. The summed E-state index contributed by atoms with van der Waals surface area (Å²) >= 11 is 1.68. The van der Waals surface area contributed by atoms with Gasteiger partial charge in [0.1, 0.15) is 5.75 Å². The van der Waals surface area contributed by atoms with Gasteiger partial charge in [0.25, 0.3) is 0 Å². The number of benzene rings is 1. The molecular formula is C18H27N5O2S. The molecule has 0 unspecified atom stereocenters. The molecule has 0 spiro atoms. The van der Waals surface area contributed by atoms with Crippen LogP contribution in [0.3, 0.4) is 0 Å². The lowest BCUT2D eigenvalue weighted by Gasteiger charge is -2.06. The number of aryl methyl sites for hydroxylation is 1. The summed E-state index contributed by atoms with van der Waals surface area (Å²) in [7, 11) is 1.85. The van der Waals surface area contributed by atoms with Crippen LogP contribution in [-0.2, 0) is 18.3 Å². The van der Waals surface area contributed by atoms with Crippen LogP contribution in [0.5, 0.6) is 5.75 Å². The highest BCUT2D eigenvalue weighted by atomic mass is 32.2. The maximum absolute atomic E-state index is 11.8. The van der Waals surface area contributed by atoms with Crippen molar-refractivity contribution in [2.45, 2.75) is 50.1 Å². The van der Waals surface area contributed by atoms with Gasteiger partial charge in [0.2, 0.25) is 11.1 Å². The number of carbonyl (C=O) groups excluding carboxylic acids is 1. The lowest BCUT2D eigenvalue weighted by molar-refractivity contribution is -0.121. The molecule has 8 heteroatoms. The van der Waals surface area contributed by atoms with Crippen LogP contribution in [0.2, 0.25) is 0 Å². The van der Waals surface area contributed by atoms with E-state index in [1.807, 2.05) is 19.2 Å². The van der Waals surface area contributed by atoms with E-state index in [0.29, 0.717) is 13.0 Å².